The van der Waals surface area contributed by atoms with Crippen molar-refractivity contribution in [2.75, 3.05) is 5.84 Å². The van der Waals surface area contributed by atoms with E-state index in [-0.39, 0.29) is 11.3 Å². The zero-order valence-electron chi connectivity index (χ0n) is 8.93. The van der Waals surface area contributed by atoms with E-state index in [1.165, 1.54) is 6.07 Å². The Balaban J connectivity index is 2.51. The van der Waals surface area contributed by atoms with Crippen molar-refractivity contribution in [2.45, 2.75) is 13.5 Å². The van der Waals surface area contributed by atoms with Gasteiger partial charge in [-0.05, 0) is 19.1 Å². The number of nitrogens with zero attached hydrogens (tertiary/aromatic N) is 3. The summed E-state index contributed by atoms with van der Waals surface area (Å²) in [6.07, 6.45) is 0. The van der Waals surface area contributed by atoms with Crippen molar-refractivity contribution < 1.29 is 0 Å². The predicted octanol–water partition coefficient (Wildman–Crippen LogP) is -1.14. The van der Waals surface area contributed by atoms with Gasteiger partial charge in [0.25, 0.3) is 5.56 Å². The lowest BCUT2D eigenvalue weighted by Crippen LogP contribution is -2.36. The largest absolute Gasteiger partial charge is 0.335 e. The lowest BCUT2D eigenvalue weighted by atomic mass is 10.4. The molecule has 4 N–H and O–H groups in total. The van der Waals surface area contributed by atoms with Gasteiger partial charge in [0.15, 0.2) is 5.82 Å². The summed E-state index contributed by atoms with van der Waals surface area (Å²) in [5.74, 6) is 5.87. The Morgan fingerprint density at radius 2 is 2.24 bits per heavy atom. The number of nitrogens with one attached hydrogen (secondary N) is 2. The van der Waals surface area contributed by atoms with Crippen molar-refractivity contribution in [3.8, 4) is 0 Å². The van der Waals surface area contributed by atoms with Crippen LogP contribution in [0, 0.1) is 11.7 Å². The molecule has 0 aromatic carbocycles. The Hall–Kier alpha value is -2.16. The highest BCUT2D eigenvalue weighted by molar-refractivity contribution is 7.71. The molecule has 0 radical (unpaired) electrons. The number of nitrogen functional groups attached to an aromatic ring is 1. The second-order valence-electron chi connectivity index (χ2n) is 3.50. The van der Waals surface area contributed by atoms with Gasteiger partial charge in [0, 0.05) is 11.8 Å². The van der Waals surface area contributed by atoms with Gasteiger partial charge in [0.05, 0.1) is 6.54 Å². The second kappa shape index (κ2) is 4.01. The molecule has 0 saturated heterocycles. The third-order valence-corrected chi connectivity index (χ3v) is 2.52. The third-order valence-electron chi connectivity index (χ3n) is 2.23. The highest BCUT2D eigenvalue weighted by atomic mass is 32.1. The number of nitrogens with two attached hydrogens (primary N) is 1. The summed E-state index contributed by atoms with van der Waals surface area (Å²) < 4.78 is 2.32. The summed E-state index contributed by atoms with van der Waals surface area (Å²) in [7, 11) is 0. The van der Waals surface area contributed by atoms with Crippen molar-refractivity contribution in [3.05, 3.63) is 43.2 Å². The van der Waals surface area contributed by atoms with Gasteiger partial charge < -0.3 is 10.8 Å². The summed E-state index contributed by atoms with van der Waals surface area (Å²) in [6, 6.07) is 1.32. The minimum Gasteiger partial charge on any atom is -0.335 e. The van der Waals surface area contributed by atoms with Gasteiger partial charge in [0.1, 0.15) is 0 Å². The minimum atomic E-state index is -0.510. The molecule has 0 aliphatic carbocycles. The lowest BCUT2D eigenvalue weighted by Gasteiger charge is -2.03. The summed E-state index contributed by atoms with van der Waals surface area (Å²) >= 11 is 4.82. The number of rotatable bonds is 2. The average Bonchev–Trinajstić information content (AvgIpc) is 2.54. The first-order valence-electron chi connectivity index (χ1n) is 4.71. The summed E-state index contributed by atoms with van der Waals surface area (Å²) in [5.41, 5.74) is -0.424. The zero-order valence-corrected chi connectivity index (χ0v) is 9.74. The number of H-pyrrole nitrogens is 2. The maximum atomic E-state index is 11.6. The van der Waals surface area contributed by atoms with Crippen LogP contribution < -0.4 is 17.1 Å². The molecule has 0 aliphatic heterocycles. The first-order chi connectivity index (χ1) is 7.99. The number of aromatic nitrogens is 5. The summed E-state index contributed by atoms with van der Waals surface area (Å²) in [4.78, 5) is 25.7. The molecule has 0 fully saturated rings. The van der Waals surface area contributed by atoms with Crippen molar-refractivity contribution in [1.29, 1.82) is 0 Å². The molecule has 17 heavy (non-hydrogen) atoms. The van der Waals surface area contributed by atoms with Crippen LogP contribution in [0.4, 0.5) is 0 Å². The third kappa shape index (κ3) is 2.04. The van der Waals surface area contributed by atoms with Crippen LogP contribution in [0.2, 0.25) is 0 Å². The fourth-order valence-electron chi connectivity index (χ4n) is 1.38. The van der Waals surface area contributed by atoms with Gasteiger partial charge in [-0.2, -0.15) is 5.10 Å². The van der Waals surface area contributed by atoms with Crippen molar-refractivity contribution in [1.82, 2.24) is 24.4 Å². The Morgan fingerprint density at radius 1 is 1.53 bits per heavy atom. The molecule has 2 aromatic heterocycles. The molecule has 0 bridgehead atoms. The first kappa shape index (κ1) is 11.3. The molecule has 0 amide bonds. The van der Waals surface area contributed by atoms with Gasteiger partial charge in [-0.3, -0.25) is 14.5 Å². The van der Waals surface area contributed by atoms with Gasteiger partial charge in [-0.1, -0.05) is 0 Å². The molecular formula is C8H10N6O2S. The van der Waals surface area contributed by atoms with Crippen LogP contribution in [0.1, 0.15) is 11.5 Å². The van der Waals surface area contributed by atoms with Crippen LogP contribution in [0.15, 0.2) is 15.7 Å². The Morgan fingerprint density at radius 3 is 2.76 bits per heavy atom. The molecule has 2 aromatic rings. The second-order valence-corrected chi connectivity index (χ2v) is 3.88. The number of hydrogen-bond donors (Lipinski definition) is 3. The fourth-order valence-corrected chi connectivity index (χ4v) is 1.53. The highest BCUT2D eigenvalue weighted by Gasteiger charge is 2.08. The van der Waals surface area contributed by atoms with Gasteiger partial charge in [-0.25, -0.2) is 9.47 Å². The fraction of sp³-hybridized carbons (Fsp3) is 0.250. The molecular weight excluding hydrogens is 244 g/mol. The van der Waals surface area contributed by atoms with E-state index >= 15 is 0 Å². The van der Waals surface area contributed by atoms with Gasteiger partial charge >= 0.3 is 5.69 Å². The van der Waals surface area contributed by atoms with Crippen LogP contribution in [0.5, 0.6) is 0 Å². The Labute approximate surface area is 99.7 Å². The zero-order chi connectivity index (χ0) is 12.6. The standard InChI is InChI=1S/C8H10N6O2S/c1-4-2-6(15)13(7(16)10-4)3-5-11-12-8(17)14(5)9/h2H,3,9H2,1H3,(H,10,16)(H,12,17). The molecule has 90 valence electrons. The lowest BCUT2D eigenvalue weighted by molar-refractivity contribution is 0.645. The van der Waals surface area contributed by atoms with Crippen molar-refractivity contribution in [3.63, 3.8) is 0 Å². The smallest absolute Gasteiger partial charge is 0.328 e. The normalized spacial score (nSPS) is 10.6. The first-order valence-corrected chi connectivity index (χ1v) is 5.12. The minimum absolute atomic E-state index is 0.0436. The molecule has 2 rings (SSSR count). The van der Waals surface area contributed by atoms with E-state index in [0.29, 0.717) is 11.5 Å². The summed E-state index contributed by atoms with van der Waals surface area (Å²) in [6.45, 7) is 1.59. The van der Waals surface area contributed by atoms with E-state index in [1.54, 1.807) is 6.92 Å². The SMILES string of the molecule is Cc1cc(=O)n(Cc2n[nH]c(=S)n2N)c(=O)[nH]1. The molecule has 0 unspecified atom stereocenters. The quantitative estimate of drug-likeness (QED) is 0.463. The number of aryl methyl sites for hydroxylation is 1. The van der Waals surface area contributed by atoms with E-state index in [0.717, 1.165) is 9.24 Å². The van der Waals surface area contributed by atoms with Crippen LogP contribution in [0.25, 0.3) is 0 Å². The molecule has 9 heteroatoms. The number of aromatic amines is 2. The molecule has 0 aliphatic rings. The monoisotopic (exact) mass is 254 g/mol. The van der Waals surface area contributed by atoms with Crippen LogP contribution in [-0.2, 0) is 6.54 Å². The van der Waals surface area contributed by atoms with E-state index in [1.807, 2.05) is 0 Å². The average molecular weight is 254 g/mol. The van der Waals surface area contributed by atoms with Crippen LogP contribution in [-0.4, -0.2) is 24.4 Å². The van der Waals surface area contributed by atoms with Crippen LogP contribution in [0.3, 0.4) is 0 Å². The number of hydrogen-bond acceptors (Lipinski definition) is 5. The highest BCUT2D eigenvalue weighted by Crippen LogP contribution is 1.93. The van der Waals surface area contributed by atoms with Crippen molar-refractivity contribution in [2.24, 2.45) is 0 Å². The maximum absolute atomic E-state index is 11.6. The predicted molar refractivity (Wildman–Crippen MR) is 62.7 cm³/mol. The maximum Gasteiger partial charge on any atom is 0.328 e. The summed E-state index contributed by atoms with van der Waals surface area (Å²) in [5, 5.41) is 6.29. The Kier molecular flexibility index (Phi) is 2.68. The van der Waals surface area contributed by atoms with Crippen LogP contribution >= 0.6 is 12.2 Å². The molecule has 0 saturated carbocycles. The van der Waals surface area contributed by atoms with E-state index in [9.17, 15) is 9.59 Å². The molecule has 0 spiro atoms. The van der Waals surface area contributed by atoms with Gasteiger partial charge in [-0.15, -0.1) is 0 Å². The molecule has 2 heterocycles. The molecule has 8 nitrogen and oxygen atoms in total. The Bertz CT molecular complexity index is 689. The van der Waals surface area contributed by atoms with E-state index < -0.39 is 11.2 Å². The molecule has 0 atom stereocenters. The van der Waals surface area contributed by atoms with Crippen molar-refractivity contribution >= 4 is 12.2 Å². The van der Waals surface area contributed by atoms with E-state index in [2.05, 4.69) is 15.2 Å². The van der Waals surface area contributed by atoms with Gasteiger partial charge in [0.2, 0.25) is 4.77 Å². The topological polar surface area (TPSA) is 114 Å². The van der Waals surface area contributed by atoms with E-state index in [4.69, 9.17) is 18.1 Å².